The standard InChI is InChI=1S/C22H17N5O2S2/c23-12-14-30-19-11-5-4-9-17(19)24-20(28)15-31-22-26-25-21(18-10-6-13-29-18)27(22)16-7-2-1-3-8-16/h1-11,13H,14-15H2,(H,24,28). The Hall–Kier alpha value is -3.48. The number of hydrogen-bond donors (Lipinski definition) is 1. The smallest absolute Gasteiger partial charge is 0.234 e. The van der Waals surface area contributed by atoms with Gasteiger partial charge in [0.25, 0.3) is 0 Å². The van der Waals surface area contributed by atoms with E-state index in [1.54, 1.807) is 12.3 Å². The molecule has 1 amide bonds. The topological polar surface area (TPSA) is 96.7 Å². The number of aromatic nitrogens is 3. The number of furan rings is 1. The summed E-state index contributed by atoms with van der Waals surface area (Å²) in [5.74, 6) is 1.46. The Balaban J connectivity index is 1.52. The van der Waals surface area contributed by atoms with Crippen LogP contribution in [0.2, 0.25) is 0 Å². The second kappa shape index (κ2) is 10.0. The molecule has 0 fully saturated rings. The lowest BCUT2D eigenvalue weighted by atomic mass is 10.3. The molecular formula is C22H17N5O2S2. The van der Waals surface area contributed by atoms with Gasteiger partial charge in [-0.25, -0.2) is 0 Å². The van der Waals surface area contributed by atoms with Gasteiger partial charge < -0.3 is 9.73 Å². The van der Waals surface area contributed by atoms with Crippen molar-refractivity contribution in [3.8, 4) is 23.3 Å². The van der Waals surface area contributed by atoms with Crippen molar-refractivity contribution >= 4 is 35.1 Å². The minimum absolute atomic E-state index is 0.153. The fourth-order valence-corrected chi connectivity index (χ4v) is 4.28. The van der Waals surface area contributed by atoms with Gasteiger partial charge in [0.1, 0.15) is 0 Å². The highest BCUT2D eigenvalue weighted by Gasteiger charge is 2.19. The molecule has 7 nitrogen and oxygen atoms in total. The maximum atomic E-state index is 12.6. The zero-order chi connectivity index (χ0) is 21.5. The van der Waals surface area contributed by atoms with Crippen molar-refractivity contribution in [3.05, 3.63) is 73.0 Å². The van der Waals surface area contributed by atoms with E-state index in [9.17, 15) is 4.79 Å². The molecule has 0 aliphatic rings. The Bertz CT molecular complexity index is 1200. The Kier molecular flexibility index (Phi) is 6.72. The molecule has 2 heterocycles. The SMILES string of the molecule is N#CCSc1ccccc1NC(=O)CSc1nnc(-c2ccco2)n1-c1ccccc1. The molecule has 154 valence electrons. The number of hydrogen-bond acceptors (Lipinski definition) is 7. The van der Waals surface area contributed by atoms with Gasteiger partial charge in [0.05, 0.1) is 29.5 Å². The fourth-order valence-electron chi connectivity index (χ4n) is 2.86. The predicted octanol–water partition coefficient (Wildman–Crippen LogP) is 4.87. The minimum Gasteiger partial charge on any atom is -0.461 e. The second-order valence-electron chi connectivity index (χ2n) is 6.23. The number of nitrogens with zero attached hydrogens (tertiary/aromatic N) is 4. The lowest BCUT2D eigenvalue weighted by Gasteiger charge is -2.11. The first-order valence-corrected chi connectivity index (χ1v) is 11.3. The lowest BCUT2D eigenvalue weighted by Crippen LogP contribution is -2.15. The summed E-state index contributed by atoms with van der Waals surface area (Å²) in [5.41, 5.74) is 1.56. The molecule has 9 heteroatoms. The van der Waals surface area contributed by atoms with Gasteiger partial charge in [0, 0.05) is 10.6 Å². The maximum absolute atomic E-state index is 12.6. The number of thioether (sulfide) groups is 2. The third kappa shape index (κ3) is 4.99. The van der Waals surface area contributed by atoms with E-state index in [1.165, 1.54) is 23.5 Å². The molecule has 0 radical (unpaired) electrons. The van der Waals surface area contributed by atoms with Crippen molar-refractivity contribution in [2.75, 3.05) is 16.8 Å². The van der Waals surface area contributed by atoms with Gasteiger partial charge in [0.15, 0.2) is 10.9 Å². The summed E-state index contributed by atoms with van der Waals surface area (Å²) < 4.78 is 7.38. The summed E-state index contributed by atoms with van der Waals surface area (Å²) in [4.78, 5) is 13.5. The highest BCUT2D eigenvalue weighted by Crippen LogP contribution is 2.29. The summed E-state index contributed by atoms with van der Waals surface area (Å²) in [6.07, 6.45) is 1.58. The largest absolute Gasteiger partial charge is 0.461 e. The van der Waals surface area contributed by atoms with Crippen LogP contribution in [0.5, 0.6) is 0 Å². The van der Waals surface area contributed by atoms with E-state index in [2.05, 4.69) is 21.6 Å². The van der Waals surface area contributed by atoms with Crippen LogP contribution in [0.15, 0.2) is 87.5 Å². The molecule has 2 aromatic carbocycles. The quantitative estimate of drug-likeness (QED) is 0.385. The van der Waals surface area contributed by atoms with Gasteiger partial charge in [0.2, 0.25) is 11.7 Å². The van der Waals surface area contributed by atoms with E-state index in [0.717, 1.165) is 10.6 Å². The summed E-state index contributed by atoms with van der Waals surface area (Å²) in [7, 11) is 0. The summed E-state index contributed by atoms with van der Waals surface area (Å²) in [6.45, 7) is 0. The van der Waals surface area contributed by atoms with Gasteiger partial charge >= 0.3 is 0 Å². The molecule has 0 aliphatic carbocycles. The minimum atomic E-state index is -0.169. The van der Waals surface area contributed by atoms with Gasteiger partial charge in [-0.1, -0.05) is 42.1 Å². The molecule has 2 aromatic heterocycles. The normalized spacial score (nSPS) is 10.5. The molecule has 31 heavy (non-hydrogen) atoms. The highest BCUT2D eigenvalue weighted by molar-refractivity contribution is 8.00. The highest BCUT2D eigenvalue weighted by atomic mass is 32.2. The summed E-state index contributed by atoms with van der Waals surface area (Å²) in [5, 5.41) is 20.9. The van der Waals surface area contributed by atoms with Gasteiger partial charge in [-0.3, -0.25) is 9.36 Å². The number of carbonyl (C=O) groups is 1. The number of amides is 1. The second-order valence-corrected chi connectivity index (χ2v) is 8.19. The number of carbonyl (C=O) groups excluding carboxylic acids is 1. The number of rotatable bonds is 8. The van der Waals surface area contributed by atoms with E-state index >= 15 is 0 Å². The Morgan fingerprint density at radius 1 is 1.03 bits per heavy atom. The molecule has 0 bridgehead atoms. The number of para-hydroxylation sites is 2. The van der Waals surface area contributed by atoms with Crippen LogP contribution < -0.4 is 5.32 Å². The average molecular weight is 448 g/mol. The molecular weight excluding hydrogens is 430 g/mol. The zero-order valence-electron chi connectivity index (χ0n) is 16.3. The van der Waals surface area contributed by atoms with E-state index in [1.807, 2.05) is 65.2 Å². The Morgan fingerprint density at radius 3 is 2.61 bits per heavy atom. The van der Waals surface area contributed by atoms with Crippen LogP contribution in [0.3, 0.4) is 0 Å². The van der Waals surface area contributed by atoms with Crippen molar-refractivity contribution in [2.24, 2.45) is 0 Å². The van der Waals surface area contributed by atoms with Crippen molar-refractivity contribution in [3.63, 3.8) is 0 Å². The van der Waals surface area contributed by atoms with Crippen molar-refractivity contribution in [2.45, 2.75) is 10.1 Å². The molecule has 0 aliphatic heterocycles. The third-order valence-corrected chi connectivity index (χ3v) is 6.04. The fraction of sp³-hybridized carbons (Fsp3) is 0.0909. The van der Waals surface area contributed by atoms with E-state index in [0.29, 0.717) is 28.2 Å². The van der Waals surface area contributed by atoms with Crippen LogP contribution in [-0.2, 0) is 4.79 Å². The first kappa shape index (κ1) is 20.8. The first-order chi connectivity index (χ1) is 15.3. The van der Waals surface area contributed by atoms with E-state index < -0.39 is 0 Å². The van der Waals surface area contributed by atoms with Crippen LogP contribution in [-0.4, -0.2) is 32.2 Å². The summed E-state index contributed by atoms with van der Waals surface area (Å²) in [6, 6.07) is 22.8. The van der Waals surface area contributed by atoms with Crippen molar-refractivity contribution in [1.29, 1.82) is 5.26 Å². The molecule has 0 saturated carbocycles. The van der Waals surface area contributed by atoms with Crippen molar-refractivity contribution < 1.29 is 9.21 Å². The Labute approximate surface area is 187 Å². The Morgan fingerprint density at radius 2 is 1.84 bits per heavy atom. The molecule has 0 spiro atoms. The van der Waals surface area contributed by atoms with Crippen molar-refractivity contribution in [1.82, 2.24) is 14.8 Å². The molecule has 0 unspecified atom stereocenters. The van der Waals surface area contributed by atoms with Gasteiger partial charge in [-0.15, -0.1) is 22.0 Å². The van der Waals surface area contributed by atoms with Gasteiger partial charge in [-0.05, 0) is 36.4 Å². The van der Waals surface area contributed by atoms with E-state index in [4.69, 9.17) is 9.68 Å². The number of anilines is 1. The predicted molar refractivity (Wildman–Crippen MR) is 121 cm³/mol. The molecule has 1 N–H and O–H groups in total. The van der Waals surface area contributed by atoms with Crippen LogP contribution >= 0.6 is 23.5 Å². The lowest BCUT2D eigenvalue weighted by molar-refractivity contribution is -0.113. The monoisotopic (exact) mass is 447 g/mol. The zero-order valence-corrected chi connectivity index (χ0v) is 17.9. The third-order valence-electron chi connectivity index (χ3n) is 4.18. The number of nitriles is 1. The van der Waals surface area contributed by atoms with Crippen LogP contribution in [0, 0.1) is 11.3 Å². The van der Waals surface area contributed by atoms with Gasteiger partial charge in [-0.2, -0.15) is 5.26 Å². The number of nitrogens with one attached hydrogen (secondary N) is 1. The van der Waals surface area contributed by atoms with Crippen LogP contribution in [0.25, 0.3) is 17.3 Å². The maximum Gasteiger partial charge on any atom is 0.234 e. The van der Waals surface area contributed by atoms with Crippen LogP contribution in [0.4, 0.5) is 5.69 Å². The van der Waals surface area contributed by atoms with Crippen LogP contribution in [0.1, 0.15) is 0 Å². The molecule has 0 saturated heterocycles. The number of benzene rings is 2. The molecule has 0 atom stereocenters. The van der Waals surface area contributed by atoms with E-state index in [-0.39, 0.29) is 11.7 Å². The summed E-state index contributed by atoms with van der Waals surface area (Å²) >= 11 is 2.67. The molecule has 4 rings (SSSR count). The first-order valence-electron chi connectivity index (χ1n) is 9.32. The molecule has 4 aromatic rings. The average Bonchev–Trinajstić information content (AvgIpc) is 3.47.